The van der Waals surface area contributed by atoms with E-state index < -0.39 is 0 Å². The molecule has 0 bridgehead atoms. The highest BCUT2D eigenvalue weighted by Crippen LogP contribution is 2.25. The van der Waals surface area contributed by atoms with Crippen molar-refractivity contribution in [1.29, 1.82) is 0 Å². The van der Waals surface area contributed by atoms with E-state index in [-0.39, 0.29) is 17.1 Å². The van der Waals surface area contributed by atoms with E-state index in [1.165, 1.54) is 0 Å². The first-order valence-electron chi connectivity index (χ1n) is 5.90. The van der Waals surface area contributed by atoms with Crippen LogP contribution in [0.4, 0.5) is 0 Å². The van der Waals surface area contributed by atoms with Gasteiger partial charge in [-0.3, -0.25) is 9.89 Å². The molecular weight excluding hydrogens is 220 g/mol. The van der Waals surface area contributed by atoms with Crippen LogP contribution in [0.5, 0.6) is 0 Å². The maximum atomic E-state index is 11.8. The topological polar surface area (TPSA) is 79.9 Å². The Hall–Kier alpha value is -1.43. The highest BCUT2D eigenvalue weighted by Gasteiger charge is 2.33. The number of rotatable bonds is 5. The molecule has 0 unspecified atom stereocenters. The van der Waals surface area contributed by atoms with Crippen LogP contribution >= 0.6 is 0 Å². The lowest BCUT2D eigenvalue weighted by molar-refractivity contribution is -0.0978. The minimum Gasteiger partial charge on any atom is -0.380 e. The molecule has 0 aromatic carbocycles. The van der Waals surface area contributed by atoms with Gasteiger partial charge in [0.15, 0.2) is 0 Å². The van der Waals surface area contributed by atoms with E-state index in [9.17, 15) is 4.79 Å². The number of aromatic amines is 1. The van der Waals surface area contributed by atoms with E-state index in [1.54, 1.807) is 0 Å². The predicted octanol–water partition coefficient (Wildman–Crippen LogP) is 0.523. The molecule has 0 saturated carbocycles. The molecule has 1 aliphatic rings. The van der Waals surface area contributed by atoms with Gasteiger partial charge in [0.2, 0.25) is 5.82 Å². The van der Waals surface area contributed by atoms with E-state index in [1.807, 2.05) is 0 Å². The molecule has 2 heterocycles. The minimum absolute atomic E-state index is 0.0677. The minimum atomic E-state index is -0.225. The van der Waals surface area contributed by atoms with Crippen molar-refractivity contribution in [3.63, 3.8) is 0 Å². The van der Waals surface area contributed by atoms with E-state index in [2.05, 4.69) is 34.3 Å². The van der Waals surface area contributed by atoms with Gasteiger partial charge in [0.1, 0.15) is 5.82 Å². The fourth-order valence-electron chi connectivity index (χ4n) is 1.67. The number of carbonyl (C=O) groups is 1. The monoisotopic (exact) mass is 238 g/mol. The summed E-state index contributed by atoms with van der Waals surface area (Å²) in [6, 6.07) is 0. The summed E-state index contributed by atoms with van der Waals surface area (Å²) in [7, 11) is 0. The van der Waals surface area contributed by atoms with Gasteiger partial charge in [0, 0.05) is 18.4 Å². The number of hydrogen-bond donors (Lipinski definition) is 2. The van der Waals surface area contributed by atoms with Crippen LogP contribution in [0.1, 0.15) is 36.7 Å². The predicted molar refractivity (Wildman–Crippen MR) is 61.6 cm³/mol. The molecule has 94 valence electrons. The highest BCUT2D eigenvalue weighted by atomic mass is 16.5. The summed E-state index contributed by atoms with van der Waals surface area (Å²) in [6.07, 6.45) is 1.79. The number of aromatic nitrogens is 3. The number of ether oxygens (including phenoxy) is 1. The number of nitrogens with zero attached hydrogens (tertiary/aromatic N) is 2. The van der Waals surface area contributed by atoms with Gasteiger partial charge in [-0.1, -0.05) is 13.8 Å². The fraction of sp³-hybridized carbons (Fsp3) is 0.727. The van der Waals surface area contributed by atoms with Crippen molar-refractivity contribution in [1.82, 2.24) is 20.5 Å². The van der Waals surface area contributed by atoms with Crippen LogP contribution in [0.2, 0.25) is 0 Å². The molecule has 1 amide bonds. The molecule has 2 N–H and O–H groups in total. The smallest absolute Gasteiger partial charge is 0.290 e. The van der Waals surface area contributed by atoms with E-state index in [0.717, 1.165) is 18.7 Å². The van der Waals surface area contributed by atoms with Crippen LogP contribution < -0.4 is 5.32 Å². The average molecular weight is 238 g/mol. The molecule has 0 radical (unpaired) electrons. The van der Waals surface area contributed by atoms with Gasteiger partial charge in [-0.25, -0.2) is 4.98 Å². The van der Waals surface area contributed by atoms with Gasteiger partial charge < -0.3 is 10.1 Å². The van der Waals surface area contributed by atoms with E-state index >= 15 is 0 Å². The van der Waals surface area contributed by atoms with Gasteiger partial charge in [0.05, 0.1) is 13.2 Å². The lowest BCUT2D eigenvalue weighted by atomic mass is 9.89. The highest BCUT2D eigenvalue weighted by molar-refractivity contribution is 5.90. The third kappa shape index (κ3) is 2.82. The largest absolute Gasteiger partial charge is 0.380 e. The summed E-state index contributed by atoms with van der Waals surface area (Å²) in [4.78, 5) is 15.9. The first-order chi connectivity index (χ1) is 8.13. The molecule has 0 atom stereocenters. The van der Waals surface area contributed by atoms with Gasteiger partial charge in [-0.05, 0) is 6.42 Å². The summed E-state index contributed by atoms with van der Waals surface area (Å²) in [5, 5.41) is 9.50. The molecule has 1 aromatic rings. The van der Waals surface area contributed by atoms with Crippen LogP contribution in [-0.2, 0) is 11.2 Å². The second-order valence-electron chi connectivity index (χ2n) is 4.84. The summed E-state index contributed by atoms with van der Waals surface area (Å²) >= 11 is 0. The van der Waals surface area contributed by atoms with Gasteiger partial charge in [-0.15, -0.1) is 5.10 Å². The Kier molecular flexibility index (Phi) is 3.42. The van der Waals surface area contributed by atoms with Crippen LogP contribution in [0.15, 0.2) is 0 Å². The van der Waals surface area contributed by atoms with Crippen molar-refractivity contribution in [3.8, 4) is 0 Å². The zero-order chi connectivity index (χ0) is 12.3. The zero-order valence-corrected chi connectivity index (χ0v) is 10.2. The fourth-order valence-corrected chi connectivity index (χ4v) is 1.67. The average Bonchev–Trinajstić information content (AvgIpc) is 2.72. The van der Waals surface area contributed by atoms with Crippen molar-refractivity contribution in [2.75, 3.05) is 19.8 Å². The molecule has 1 aliphatic heterocycles. The van der Waals surface area contributed by atoms with Gasteiger partial charge >= 0.3 is 0 Å². The maximum Gasteiger partial charge on any atom is 0.290 e. The van der Waals surface area contributed by atoms with Crippen LogP contribution in [0.25, 0.3) is 0 Å². The lowest BCUT2D eigenvalue weighted by Crippen LogP contribution is -2.48. The molecule has 2 rings (SSSR count). The molecule has 1 fully saturated rings. The molecule has 1 aromatic heterocycles. The Morgan fingerprint density at radius 1 is 1.59 bits per heavy atom. The van der Waals surface area contributed by atoms with E-state index in [4.69, 9.17) is 4.74 Å². The summed E-state index contributed by atoms with van der Waals surface area (Å²) in [6.45, 7) is 6.13. The lowest BCUT2D eigenvalue weighted by Gasteiger charge is -2.37. The Morgan fingerprint density at radius 3 is 2.94 bits per heavy atom. The Bertz CT molecular complexity index is 398. The molecule has 6 heteroatoms. The van der Waals surface area contributed by atoms with Crippen molar-refractivity contribution in [2.24, 2.45) is 5.41 Å². The first-order valence-corrected chi connectivity index (χ1v) is 5.90. The number of H-pyrrole nitrogens is 1. The SMILES string of the molecule is CCCc1nc(C(=O)NCC2(C)COC2)n[nH]1. The van der Waals surface area contributed by atoms with Crippen LogP contribution in [0, 0.1) is 5.41 Å². The molecule has 0 aliphatic carbocycles. The van der Waals surface area contributed by atoms with Gasteiger partial charge in [-0.2, -0.15) is 0 Å². The van der Waals surface area contributed by atoms with Gasteiger partial charge in [0.25, 0.3) is 5.91 Å². The van der Waals surface area contributed by atoms with Crippen molar-refractivity contribution < 1.29 is 9.53 Å². The number of nitrogens with one attached hydrogen (secondary N) is 2. The quantitative estimate of drug-likeness (QED) is 0.784. The Balaban J connectivity index is 1.85. The molecule has 1 saturated heterocycles. The van der Waals surface area contributed by atoms with E-state index in [0.29, 0.717) is 19.8 Å². The Labute approximate surface area is 100 Å². The third-order valence-corrected chi connectivity index (χ3v) is 2.80. The Morgan fingerprint density at radius 2 is 2.35 bits per heavy atom. The standard InChI is InChI=1S/C11H18N4O2/c1-3-4-8-13-9(15-14-8)10(16)12-5-11(2)6-17-7-11/h3-7H2,1-2H3,(H,12,16)(H,13,14,15). The second kappa shape index (κ2) is 4.83. The normalized spacial score (nSPS) is 17.5. The molecule has 17 heavy (non-hydrogen) atoms. The first kappa shape index (κ1) is 12.0. The molecule has 6 nitrogen and oxygen atoms in total. The number of carbonyl (C=O) groups excluding carboxylic acids is 1. The summed E-state index contributed by atoms with van der Waals surface area (Å²) < 4.78 is 5.12. The zero-order valence-electron chi connectivity index (χ0n) is 10.2. The number of amides is 1. The van der Waals surface area contributed by atoms with Crippen LogP contribution in [0.3, 0.4) is 0 Å². The summed E-state index contributed by atoms with van der Waals surface area (Å²) in [5.41, 5.74) is 0.0677. The van der Waals surface area contributed by atoms with Crippen molar-refractivity contribution >= 4 is 5.91 Å². The third-order valence-electron chi connectivity index (χ3n) is 2.80. The number of hydrogen-bond acceptors (Lipinski definition) is 4. The van der Waals surface area contributed by atoms with Crippen molar-refractivity contribution in [2.45, 2.75) is 26.7 Å². The van der Waals surface area contributed by atoms with Crippen LogP contribution in [-0.4, -0.2) is 40.8 Å². The second-order valence-corrected chi connectivity index (χ2v) is 4.84. The maximum absolute atomic E-state index is 11.8. The van der Waals surface area contributed by atoms with Crippen molar-refractivity contribution in [3.05, 3.63) is 11.6 Å². The number of aryl methyl sites for hydroxylation is 1. The summed E-state index contributed by atoms with van der Waals surface area (Å²) in [5.74, 6) is 0.754. The molecular formula is C11H18N4O2. The molecule has 0 spiro atoms.